The van der Waals surface area contributed by atoms with E-state index in [1.807, 2.05) is 31.2 Å². The zero-order valence-electron chi connectivity index (χ0n) is 9.07. The lowest BCUT2D eigenvalue weighted by Crippen LogP contribution is -2.32. The predicted molar refractivity (Wildman–Crippen MR) is 62.9 cm³/mol. The van der Waals surface area contributed by atoms with Crippen molar-refractivity contribution in [2.24, 2.45) is 5.73 Å². The molecule has 1 rings (SSSR count). The van der Waals surface area contributed by atoms with Gasteiger partial charge in [0, 0.05) is 11.1 Å². The van der Waals surface area contributed by atoms with Crippen LogP contribution in [0.1, 0.15) is 12.5 Å². The van der Waals surface area contributed by atoms with Gasteiger partial charge in [0.05, 0.1) is 0 Å². The SMILES string of the molecule is CC(Cc1ccc(Cl)cc1)NOCC(N)=O. The number of nitrogens with one attached hydrogen (secondary N) is 1. The van der Waals surface area contributed by atoms with Gasteiger partial charge in [0.25, 0.3) is 0 Å². The van der Waals surface area contributed by atoms with E-state index in [2.05, 4.69) is 5.48 Å². The Morgan fingerprint density at radius 3 is 2.69 bits per heavy atom. The van der Waals surface area contributed by atoms with Crippen molar-refractivity contribution < 1.29 is 9.63 Å². The van der Waals surface area contributed by atoms with Gasteiger partial charge < -0.3 is 5.73 Å². The molecule has 0 saturated heterocycles. The molecule has 5 heteroatoms. The van der Waals surface area contributed by atoms with Gasteiger partial charge in [0.2, 0.25) is 5.91 Å². The number of benzene rings is 1. The van der Waals surface area contributed by atoms with Crippen molar-refractivity contribution in [1.82, 2.24) is 5.48 Å². The van der Waals surface area contributed by atoms with Crippen LogP contribution in [0.5, 0.6) is 0 Å². The second-order valence-corrected chi connectivity index (χ2v) is 4.04. The summed E-state index contributed by atoms with van der Waals surface area (Å²) in [5.74, 6) is -0.494. The standard InChI is InChI=1S/C11H15ClN2O2/c1-8(14-16-7-11(13)15)6-9-2-4-10(12)5-3-9/h2-5,8,14H,6-7H2,1H3,(H2,13,15). The van der Waals surface area contributed by atoms with Crippen molar-refractivity contribution in [3.8, 4) is 0 Å². The molecule has 0 bridgehead atoms. The molecule has 0 aliphatic carbocycles. The van der Waals surface area contributed by atoms with E-state index < -0.39 is 5.91 Å². The minimum atomic E-state index is -0.494. The van der Waals surface area contributed by atoms with Crippen LogP contribution in [-0.4, -0.2) is 18.6 Å². The number of primary amides is 1. The summed E-state index contributed by atoms with van der Waals surface area (Å²) in [6.45, 7) is 1.83. The van der Waals surface area contributed by atoms with Gasteiger partial charge in [-0.25, -0.2) is 0 Å². The van der Waals surface area contributed by atoms with E-state index >= 15 is 0 Å². The van der Waals surface area contributed by atoms with E-state index in [9.17, 15) is 4.79 Å². The molecule has 0 spiro atoms. The van der Waals surface area contributed by atoms with E-state index in [-0.39, 0.29) is 12.6 Å². The van der Waals surface area contributed by atoms with Gasteiger partial charge in [-0.1, -0.05) is 23.7 Å². The fourth-order valence-electron chi connectivity index (χ4n) is 1.27. The Bertz CT molecular complexity index is 340. The molecule has 0 saturated carbocycles. The maximum atomic E-state index is 10.4. The number of hydrogen-bond acceptors (Lipinski definition) is 3. The summed E-state index contributed by atoms with van der Waals surface area (Å²) in [7, 11) is 0. The Hall–Kier alpha value is -1.10. The van der Waals surface area contributed by atoms with Crippen LogP contribution >= 0.6 is 11.6 Å². The first-order chi connectivity index (χ1) is 7.58. The average Bonchev–Trinajstić information content (AvgIpc) is 2.21. The van der Waals surface area contributed by atoms with Gasteiger partial charge >= 0.3 is 0 Å². The number of halogens is 1. The van der Waals surface area contributed by atoms with Crippen LogP contribution in [0.25, 0.3) is 0 Å². The van der Waals surface area contributed by atoms with E-state index in [4.69, 9.17) is 22.2 Å². The van der Waals surface area contributed by atoms with Crippen LogP contribution in [0, 0.1) is 0 Å². The molecule has 1 atom stereocenters. The summed E-state index contributed by atoms with van der Waals surface area (Å²) in [5.41, 5.74) is 8.82. The zero-order chi connectivity index (χ0) is 12.0. The minimum Gasteiger partial charge on any atom is -0.368 e. The van der Waals surface area contributed by atoms with Crippen LogP contribution in [0.4, 0.5) is 0 Å². The van der Waals surface area contributed by atoms with E-state index in [0.29, 0.717) is 5.02 Å². The Morgan fingerprint density at radius 1 is 1.50 bits per heavy atom. The summed E-state index contributed by atoms with van der Waals surface area (Å²) in [6.07, 6.45) is 0.788. The number of carbonyl (C=O) groups is 1. The molecule has 1 unspecified atom stereocenters. The van der Waals surface area contributed by atoms with Gasteiger partial charge in [-0.2, -0.15) is 5.48 Å². The Balaban J connectivity index is 2.31. The highest BCUT2D eigenvalue weighted by molar-refractivity contribution is 6.30. The van der Waals surface area contributed by atoms with Gasteiger partial charge in [0.1, 0.15) is 6.61 Å². The summed E-state index contributed by atoms with van der Waals surface area (Å²) in [4.78, 5) is 15.3. The molecule has 88 valence electrons. The normalized spacial score (nSPS) is 12.4. The van der Waals surface area contributed by atoms with E-state index in [0.717, 1.165) is 12.0 Å². The maximum Gasteiger partial charge on any atom is 0.245 e. The van der Waals surface area contributed by atoms with Gasteiger partial charge in [-0.15, -0.1) is 0 Å². The molecule has 0 radical (unpaired) electrons. The first-order valence-electron chi connectivity index (χ1n) is 4.98. The van der Waals surface area contributed by atoms with E-state index in [1.165, 1.54) is 0 Å². The molecule has 1 aromatic carbocycles. The topological polar surface area (TPSA) is 64.3 Å². The molecule has 0 fully saturated rings. The smallest absolute Gasteiger partial charge is 0.245 e. The number of amides is 1. The first-order valence-corrected chi connectivity index (χ1v) is 5.36. The highest BCUT2D eigenvalue weighted by Gasteiger charge is 2.04. The molecule has 0 aliphatic heterocycles. The molecule has 0 aromatic heterocycles. The molecule has 1 amide bonds. The fraction of sp³-hybridized carbons (Fsp3) is 0.364. The fourth-order valence-corrected chi connectivity index (χ4v) is 1.40. The minimum absolute atomic E-state index is 0.0977. The number of hydroxylamine groups is 1. The number of hydrogen-bond donors (Lipinski definition) is 2. The van der Waals surface area contributed by atoms with Crippen LogP contribution in [-0.2, 0) is 16.1 Å². The largest absolute Gasteiger partial charge is 0.368 e. The highest BCUT2D eigenvalue weighted by atomic mass is 35.5. The summed E-state index contributed by atoms with van der Waals surface area (Å²) in [6, 6.07) is 7.69. The molecular formula is C11H15ClN2O2. The Labute approximate surface area is 99.7 Å². The molecule has 3 N–H and O–H groups in total. The number of carbonyl (C=O) groups excluding carboxylic acids is 1. The lowest BCUT2D eigenvalue weighted by atomic mass is 10.1. The molecular weight excluding hydrogens is 228 g/mol. The lowest BCUT2D eigenvalue weighted by molar-refractivity contribution is -0.125. The highest BCUT2D eigenvalue weighted by Crippen LogP contribution is 2.10. The third-order valence-corrected chi connectivity index (χ3v) is 2.21. The van der Waals surface area contributed by atoms with Crippen molar-refractivity contribution in [1.29, 1.82) is 0 Å². The van der Waals surface area contributed by atoms with Crippen molar-refractivity contribution in [2.75, 3.05) is 6.61 Å². The first kappa shape index (κ1) is 13.0. The number of nitrogens with two attached hydrogens (primary N) is 1. The zero-order valence-corrected chi connectivity index (χ0v) is 9.83. The molecule has 0 heterocycles. The summed E-state index contributed by atoms with van der Waals surface area (Å²) in [5, 5.41) is 0.717. The van der Waals surface area contributed by atoms with Gasteiger partial charge in [-0.3, -0.25) is 9.63 Å². The molecule has 1 aromatic rings. The summed E-state index contributed by atoms with van der Waals surface area (Å²) >= 11 is 5.77. The monoisotopic (exact) mass is 242 g/mol. The summed E-state index contributed by atoms with van der Waals surface area (Å²) < 4.78 is 0. The van der Waals surface area contributed by atoms with Crippen LogP contribution < -0.4 is 11.2 Å². The Kier molecular flexibility index (Phi) is 5.25. The third kappa shape index (κ3) is 5.11. The quantitative estimate of drug-likeness (QED) is 0.739. The predicted octanol–water partition coefficient (Wildman–Crippen LogP) is 1.28. The Morgan fingerprint density at radius 2 is 2.12 bits per heavy atom. The van der Waals surface area contributed by atoms with Crippen LogP contribution in [0.2, 0.25) is 5.02 Å². The van der Waals surface area contributed by atoms with Gasteiger partial charge in [0.15, 0.2) is 0 Å². The second-order valence-electron chi connectivity index (χ2n) is 3.60. The molecule has 0 aliphatic rings. The van der Waals surface area contributed by atoms with E-state index in [1.54, 1.807) is 0 Å². The third-order valence-electron chi connectivity index (χ3n) is 1.95. The van der Waals surface area contributed by atoms with Crippen molar-refractivity contribution in [2.45, 2.75) is 19.4 Å². The lowest BCUT2D eigenvalue weighted by Gasteiger charge is -2.12. The number of rotatable bonds is 6. The molecule has 4 nitrogen and oxygen atoms in total. The van der Waals surface area contributed by atoms with Crippen molar-refractivity contribution in [3.05, 3.63) is 34.9 Å². The average molecular weight is 243 g/mol. The van der Waals surface area contributed by atoms with Crippen molar-refractivity contribution >= 4 is 17.5 Å². The maximum absolute atomic E-state index is 10.4. The van der Waals surface area contributed by atoms with Crippen molar-refractivity contribution in [3.63, 3.8) is 0 Å². The van der Waals surface area contributed by atoms with Crippen LogP contribution in [0.15, 0.2) is 24.3 Å². The molecule has 16 heavy (non-hydrogen) atoms. The van der Waals surface area contributed by atoms with Crippen LogP contribution in [0.3, 0.4) is 0 Å². The second kappa shape index (κ2) is 6.48. The van der Waals surface area contributed by atoms with Gasteiger partial charge in [-0.05, 0) is 31.0 Å².